The third-order valence-corrected chi connectivity index (χ3v) is 2.31. The minimum Gasteiger partial charge on any atom is -0.394 e. The van der Waals surface area contributed by atoms with Gasteiger partial charge in [-0.1, -0.05) is 6.58 Å². The lowest BCUT2D eigenvalue weighted by Gasteiger charge is -2.34. The van der Waals surface area contributed by atoms with Gasteiger partial charge in [0.15, 0.2) is 0 Å². The lowest BCUT2D eigenvalue weighted by Crippen LogP contribution is -2.45. The third kappa shape index (κ3) is 4.41. The SMILES string of the molecule is C=C(CNC)CN(C)C(C)(C)CO. The van der Waals surface area contributed by atoms with Gasteiger partial charge in [0.05, 0.1) is 6.61 Å². The molecule has 13 heavy (non-hydrogen) atoms. The Kier molecular flexibility index (Phi) is 5.21. The molecule has 0 atom stereocenters. The standard InChI is InChI=1S/C10H22N2O/c1-9(6-11-4)7-12(5)10(2,3)8-13/h11,13H,1,6-8H2,2-5H3. The van der Waals surface area contributed by atoms with E-state index in [9.17, 15) is 0 Å². The number of likely N-dealkylation sites (N-methyl/N-ethyl adjacent to an activating group) is 2. The van der Waals surface area contributed by atoms with Crippen LogP contribution in [0.25, 0.3) is 0 Å². The molecule has 0 aliphatic heterocycles. The van der Waals surface area contributed by atoms with Crippen molar-refractivity contribution in [2.24, 2.45) is 0 Å². The summed E-state index contributed by atoms with van der Waals surface area (Å²) in [5.74, 6) is 0. The molecule has 0 aromatic heterocycles. The highest BCUT2D eigenvalue weighted by Crippen LogP contribution is 2.11. The summed E-state index contributed by atoms with van der Waals surface area (Å²) in [5, 5.41) is 12.2. The van der Waals surface area contributed by atoms with E-state index in [4.69, 9.17) is 5.11 Å². The Morgan fingerprint density at radius 1 is 1.54 bits per heavy atom. The van der Waals surface area contributed by atoms with Crippen molar-refractivity contribution in [1.29, 1.82) is 0 Å². The van der Waals surface area contributed by atoms with Crippen molar-refractivity contribution in [2.75, 3.05) is 33.8 Å². The first-order valence-electron chi connectivity index (χ1n) is 4.57. The average molecular weight is 186 g/mol. The molecule has 0 fully saturated rings. The van der Waals surface area contributed by atoms with Crippen molar-refractivity contribution < 1.29 is 5.11 Å². The maximum atomic E-state index is 9.12. The van der Waals surface area contributed by atoms with Crippen molar-refractivity contribution in [1.82, 2.24) is 10.2 Å². The van der Waals surface area contributed by atoms with E-state index in [1.54, 1.807) is 0 Å². The highest BCUT2D eigenvalue weighted by molar-refractivity contribution is 5.01. The van der Waals surface area contributed by atoms with Crippen LogP contribution >= 0.6 is 0 Å². The van der Waals surface area contributed by atoms with E-state index in [0.717, 1.165) is 18.7 Å². The van der Waals surface area contributed by atoms with E-state index in [1.807, 2.05) is 27.9 Å². The molecule has 78 valence electrons. The monoisotopic (exact) mass is 186 g/mol. The van der Waals surface area contributed by atoms with Gasteiger partial charge in [0, 0.05) is 18.6 Å². The Labute approximate surface area is 81.4 Å². The molecular weight excluding hydrogens is 164 g/mol. The summed E-state index contributed by atoms with van der Waals surface area (Å²) < 4.78 is 0. The molecule has 0 amide bonds. The van der Waals surface area contributed by atoms with Crippen molar-refractivity contribution in [2.45, 2.75) is 19.4 Å². The predicted octanol–water partition coefficient (Wildman–Crippen LogP) is 0.465. The van der Waals surface area contributed by atoms with E-state index in [0.29, 0.717) is 0 Å². The number of aliphatic hydroxyl groups excluding tert-OH is 1. The zero-order valence-corrected chi connectivity index (χ0v) is 9.22. The summed E-state index contributed by atoms with van der Waals surface area (Å²) in [4.78, 5) is 2.10. The van der Waals surface area contributed by atoms with Crippen LogP contribution in [0.4, 0.5) is 0 Å². The lowest BCUT2D eigenvalue weighted by atomic mass is 10.0. The van der Waals surface area contributed by atoms with E-state index in [2.05, 4.69) is 16.8 Å². The van der Waals surface area contributed by atoms with Crippen LogP contribution in [-0.4, -0.2) is 49.3 Å². The number of nitrogens with zero attached hydrogens (tertiary/aromatic N) is 1. The molecule has 0 aromatic rings. The van der Waals surface area contributed by atoms with Gasteiger partial charge in [0.1, 0.15) is 0 Å². The first-order chi connectivity index (χ1) is 5.94. The van der Waals surface area contributed by atoms with E-state index in [-0.39, 0.29) is 12.1 Å². The fraction of sp³-hybridized carbons (Fsp3) is 0.800. The zero-order valence-electron chi connectivity index (χ0n) is 9.22. The Balaban J connectivity index is 3.99. The molecule has 0 spiro atoms. The van der Waals surface area contributed by atoms with Gasteiger partial charge in [-0.05, 0) is 33.5 Å². The highest BCUT2D eigenvalue weighted by Gasteiger charge is 2.22. The molecule has 0 aliphatic rings. The maximum Gasteiger partial charge on any atom is 0.0610 e. The predicted molar refractivity (Wildman–Crippen MR) is 56.9 cm³/mol. The molecule has 0 aliphatic carbocycles. The number of aliphatic hydroxyl groups is 1. The minimum atomic E-state index is -0.170. The summed E-state index contributed by atoms with van der Waals surface area (Å²) in [6.45, 7) is 9.78. The van der Waals surface area contributed by atoms with Gasteiger partial charge >= 0.3 is 0 Å². The molecule has 0 bridgehead atoms. The van der Waals surface area contributed by atoms with Crippen LogP contribution in [0.3, 0.4) is 0 Å². The van der Waals surface area contributed by atoms with Crippen LogP contribution in [0.2, 0.25) is 0 Å². The van der Waals surface area contributed by atoms with Crippen LogP contribution in [0.1, 0.15) is 13.8 Å². The molecule has 0 unspecified atom stereocenters. The van der Waals surface area contributed by atoms with Crippen LogP contribution in [0, 0.1) is 0 Å². The lowest BCUT2D eigenvalue weighted by molar-refractivity contribution is 0.0863. The largest absolute Gasteiger partial charge is 0.394 e. The Morgan fingerprint density at radius 2 is 2.08 bits per heavy atom. The Bertz CT molecular complexity index is 166. The first kappa shape index (κ1) is 12.6. The molecule has 2 N–H and O–H groups in total. The molecule has 0 rings (SSSR count). The molecule has 3 nitrogen and oxygen atoms in total. The second-order valence-electron chi connectivity index (χ2n) is 4.11. The van der Waals surface area contributed by atoms with E-state index < -0.39 is 0 Å². The smallest absolute Gasteiger partial charge is 0.0610 e. The summed E-state index contributed by atoms with van der Waals surface area (Å²) in [5.41, 5.74) is 0.961. The topological polar surface area (TPSA) is 35.5 Å². The quantitative estimate of drug-likeness (QED) is 0.592. The minimum absolute atomic E-state index is 0.163. The Morgan fingerprint density at radius 3 is 2.46 bits per heavy atom. The molecule has 3 heteroatoms. The maximum absolute atomic E-state index is 9.12. The van der Waals surface area contributed by atoms with Gasteiger partial charge in [-0.3, -0.25) is 4.90 Å². The van der Waals surface area contributed by atoms with Crippen LogP contribution in [0.5, 0.6) is 0 Å². The van der Waals surface area contributed by atoms with Gasteiger partial charge < -0.3 is 10.4 Å². The number of rotatable bonds is 6. The van der Waals surface area contributed by atoms with Gasteiger partial charge in [-0.15, -0.1) is 0 Å². The molecule has 0 heterocycles. The third-order valence-electron chi connectivity index (χ3n) is 2.31. The zero-order chi connectivity index (χ0) is 10.5. The van der Waals surface area contributed by atoms with E-state index >= 15 is 0 Å². The van der Waals surface area contributed by atoms with Crippen molar-refractivity contribution in [3.63, 3.8) is 0 Å². The molecule has 0 saturated carbocycles. The molecule has 0 aromatic carbocycles. The number of hydrogen-bond acceptors (Lipinski definition) is 3. The van der Waals surface area contributed by atoms with Gasteiger partial charge in [0.2, 0.25) is 0 Å². The Hall–Kier alpha value is -0.380. The van der Waals surface area contributed by atoms with E-state index in [1.165, 1.54) is 0 Å². The fourth-order valence-corrected chi connectivity index (χ4v) is 0.976. The summed E-state index contributed by atoms with van der Waals surface area (Å²) >= 11 is 0. The highest BCUT2D eigenvalue weighted by atomic mass is 16.3. The summed E-state index contributed by atoms with van der Waals surface area (Å²) in [6.07, 6.45) is 0. The van der Waals surface area contributed by atoms with Crippen molar-refractivity contribution in [3.8, 4) is 0 Å². The second kappa shape index (κ2) is 5.37. The van der Waals surface area contributed by atoms with Crippen LogP contribution in [0.15, 0.2) is 12.2 Å². The van der Waals surface area contributed by atoms with Gasteiger partial charge in [-0.2, -0.15) is 0 Å². The van der Waals surface area contributed by atoms with Crippen molar-refractivity contribution in [3.05, 3.63) is 12.2 Å². The molecular formula is C10H22N2O. The second-order valence-corrected chi connectivity index (χ2v) is 4.11. The average Bonchev–Trinajstić information content (AvgIpc) is 2.04. The molecule has 0 saturated heterocycles. The van der Waals surface area contributed by atoms with Gasteiger partial charge in [0.25, 0.3) is 0 Å². The molecule has 0 radical (unpaired) electrons. The summed E-state index contributed by atoms with van der Waals surface area (Å²) in [7, 11) is 3.90. The van der Waals surface area contributed by atoms with Crippen LogP contribution < -0.4 is 5.32 Å². The summed E-state index contributed by atoms with van der Waals surface area (Å²) in [6, 6.07) is 0. The normalized spacial score (nSPS) is 12.2. The first-order valence-corrected chi connectivity index (χ1v) is 4.57. The van der Waals surface area contributed by atoms with Crippen LogP contribution in [-0.2, 0) is 0 Å². The number of nitrogens with one attached hydrogen (secondary N) is 1. The van der Waals surface area contributed by atoms with Crippen molar-refractivity contribution >= 4 is 0 Å². The fourth-order valence-electron chi connectivity index (χ4n) is 0.976. The van der Waals surface area contributed by atoms with Gasteiger partial charge in [-0.25, -0.2) is 0 Å². The number of hydrogen-bond donors (Lipinski definition) is 2.